The average Bonchev–Trinajstić information content (AvgIpc) is 3.12. The first kappa shape index (κ1) is 13.7. The Morgan fingerprint density at radius 1 is 1.05 bits per heavy atom. The number of benzene rings is 1. The van der Waals surface area contributed by atoms with Gasteiger partial charge in [0.2, 0.25) is 0 Å². The third-order valence-corrected chi connectivity index (χ3v) is 3.38. The van der Waals surface area contributed by atoms with Crippen LogP contribution in [0.2, 0.25) is 5.02 Å². The third kappa shape index (κ3) is 3.09. The number of hydrogen-bond donors (Lipinski definition) is 1. The zero-order valence-corrected chi connectivity index (χ0v) is 11.8. The molecule has 2 aromatic heterocycles. The van der Waals surface area contributed by atoms with E-state index in [0.29, 0.717) is 10.6 Å². The summed E-state index contributed by atoms with van der Waals surface area (Å²) < 4.78 is 3.13. The molecule has 0 unspecified atom stereocenters. The second-order valence-corrected chi connectivity index (χ2v) is 5.16. The molecule has 7 nitrogen and oxygen atoms in total. The minimum absolute atomic E-state index is 0.229. The molecule has 1 N–H and O–H groups in total. The lowest BCUT2D eigenvalue weighted by Crippen LogP contribution is -2.36. The number of rotatable bonds is 5. The molecule has 0 aliphatic carbocycles. The van der Waals surface area contributed by atoms with Gasteiger partial charge in [0.25, 0.3) is 0 Å². The van der Waals surface area contributed by atoms with Crippen LogP contribution in [-0.4, -0.2) is 34.6 Å². The fourth-order valence-electron chi connectivity index (χ4n) is 2.18. The van der Waals surface area contributed by atoms with Gasteiger partial charge >= 0.3 is 0 Å². The highest BCUT2D eigenvalue weighted by molar-refractivity contribution is 6.30. The predicted molar refractivity (Wildman–Crippen MR) is 75.4 cm³/mol. The first-order valence-corrected chi connectivity index (χ1v) is 6.67. The minimum Gasteiger partial charge on any atom is -0.381 e. The number of aromatic nitrogens is 6. The number of nitrogens with zero attached hydrogens (tertiary/aromatic N) is 6. The van der Waals surface area contributed by atoms with E-state index >= 15 is 0 Å². The van der Waals surface area contributed by atoms with E-state index in [9.17, 15) is 5.11 Å². The highest BCUT2D eigenvalue weighted by Crippen LogP contribution is 2.27. The third-order valence-electron chi connectivity index (χ3n) is 3.14. The minimum atomic E-state index is -1.23. The lowest BCUT2D eigenvalue weighted by atomic mass is 9.93. The molecule has 8 heteroatoms. The topological polar surface area (TPSA) is 81.6 Å². The Morgan fingerprint density at radius 2 is 1.67 bits per heavy atom. The molecule has 0 fully saturated rings. The Morgan fingerprint density at radius 3 is 2.14 bits per heavy atom. The molecule has 0 saturated heterocycles. The van der Waals surface area contributed by atoms with Gasteiger partial charge < -0.3 is 5.11 Å². The van der Waals surface area contributed by atoms with Gasteiger partial charge in [-0.25, -0.2) is 19.3 Å². The summed E-state index contributed by atoms with van der Waals surface area (Å²) in [5.41, 5.74) is -0.548. The largest absolute Gasteiger partial charge is 0.381 e. The Hall–Kier alpha value is -2.25. The molecule has 0 radical (unpaired) electrons. The molecule has 0 amide bonds. The molecule has 0 bridgehead atoms. The van der Waals surface area contributed by atoms with Crippen molar-refractivity contribution in [2.75, 3.05) is 0 Å². The van der Waals surface area contributed by atoms with Gasteiger partial charge in [-0.3, -0.25) is 0 Å². The lowest BCUT2D eigenvalue weighted by molar-refractivity contribution is -0.00541. The van der Waals surface area contributed by atoms with Crippen molar-refractivity contribution >= 4 is 11.6 Å². The fourth-order valence-corrected chi connectivity index (χ4v) is 2.37. The highest BCUT2D eigenvalue weighted by Gasteiger charge is 2.31. The van der Waals surface area contributed by atoms with Gasteiger partial charge in [-0.1, -0.05) is 23.7 Å². The molecule has 3 rings (SSSR count). The molecule has 1 aromatic carbocycles. The van der Waals surface area contributed by atoms with Crippen molar-refractivity contribution in [1.29, 1.82) is 0 Å². The molecule has 21 heavy (non-hydrogen) atoms. The maximum absolute atomic E-state index is 11.1. The Labute approximate surface area is 125 Å². The van der Waals surface area contributed by atoms with Crippen LogP contribution in [-0.2, 0) is 18.7 Å². The van der Waals surface area contributed by atoms with Crippen molar-refractivity contribution in [2.45, 2.75) is 18.7 Å². The summed E-state index contributed by atoms with van der Waals surface area (Å²) in [5, 5.41) is 19.8. The summed E-state index contributed by atoms with van der Waals surface area (Å²) >= 11 is 6.03. The Bertz CT molecular complexity index is 661. The maximum Gasteiger partial charge on any atom is 0.137 e. The second-order valence-electron chi connectivity index (χ2n) is 4.73. The molecule has 0 spiro atoms. The Kier molecular flexibility index (Phi) is 3.68. The quantitative estimate of drug-likeness (QED) is 0.763. The van der Waals surface area contributed by atoms with Gasteiger partial charge in [0.1, 0.15) is 30.9 Å². The first-order valence-electron chi connectivity index (χ1n) is 6.29. The summed E-state index contributed by atoms with van der Waals surface area (Å²) in [7, 11) is 0. The smallest absolute Gasteiger partial charge is 0.137 e. The monoisotopic (exact) mass is 304 g/mol. The van der Waals surface area contributed by atoms with Crippen LogP contribution in [0.15, 0.2) is 49.6 Å². The summed E-state index contributed by atoms with van der Waals surface area (Å²) in [6.07, 6.45) is 5.95. The van der Waals surface area contributed by atoms with E-state index in [0.717, 1.165) is 0 Å². The zero-order chi connectivity index (χ0) is 14.7. The van der Waals surface area contributed by atoms with Crippen LogP contribution in [0.5, 0.6) is 0 Å². The summed E-state index contributed by atoms with van der Waals surface area (Å²) in [5.74, 6) is 0. The average molecular weight is 305 g/mol. The molecule has 0 aliphatic heterocycles. The van der Waals surface area contributed by atoms with Crippen LogP contribution >= 0.6 is 11.6 Å². The van der Waals surface area contributed by atoms with E-state index in [1.54, 1.807) is 40.2 Å². The second kappa shape index (κ2) is 5.63. The van der Waals surface area contributed by atoms with Gasteiger partial charge in [-0.05, 0) is 17.7 Å². The van der Waals surface area contributed by atoms with E-state index in [1.165, 1.54) is 12.7 Å². The summed E-state index contributed by atoms with van der Waals surface area (Å²) in [4.78, 5) is 7.79. The van der Waals surface area contributed by atoms with Crippen molar-refractivity contribution in [3.05, 3.63) is 60.2 Å². The first-order chi connectivity index (χ1) is 10.2. The summed E-state index contributed by atoms with van der Waals surface area (Å²) in [6.45, 7) is 0.459. The molecule has 2 heterocycles. The van der Waals surface area contributed by atoms with E-state index < -0.39 is 5.60 Å². The number of hydrogen-bond acceptors (Lipinski definition) is 5. The molecule has 3 aromatic rings. The maximum atomic E-state index is 11.1. The highest BCUT2D eigenvalue weighted by atomic mass is 35.5. The summed E-state index contributed by atoms with van der Waals surface area (Å²) in [6, 6.07) is 7.11. The molecule has 0 saturated carbocycles. The molecule has 108 valence electrons. The lowest BCUT2D eigenvalue weighted by Gasteiger charge is -2.28. The van der Waals surface area contributed by atoms with Crippen LogP contribution < -0.4 is 0 Å². The normalized spacial score (nSPS) is 11.7. The number of halogens is 1. The van der Waals surface area contributed by atoms with Crippen molar-refractivity contribution in [3.63, 3.8) is 0 Å². The fraction of sp³-hybridized carbons (Fsp3) is 0.231. The van der Waals surface area contributed by atoms with Gasteiger partial charge in [-0.15, -0.1) is 0 Å². The van der Waals surface area contributed by atoms with Crippen LogP contribution in [0.1, 0.15) is 5.56 Å². The van der Waals surface area contributed by atoms with E-state index in [1.807, 2.05) is 6.07 Å². The van der Waals surface area contributed by atoms with Gasteiger partial charge in [0.15, 0.2) is 0 Å². The van der Waals surface area contributed by atoms with Gasteiger partial charge in [0.05, 0.1) is 13.1 Å². The van der Waals surface area contributed by atoms with Crippen molar-refractivity contribution < 1.29 is 5.11 Å². The molecule has 0 atom stereocenters. The van der Waals surface area contributed by atoms with E-state index in [2.05, 4.69) is 20.2 Å². The molecular formula is C13H13ClN6O. The van der Waals surface area contributed by atoms with Crippen LogP contribution in [0.3, 0.4) is 0 Å². The zero-order valence-electron chi connectivity index (χ0n) is 11.0. The standard InChI is InChI=1S/C13H13ClN6O/c14-12-3-1-2-11(4-12)13(21,5-19-9-15-7-17-19)6-20-10-16-8-18-20/h1-4,7-10,21H,5-6H2. The Balaban J connectivity index is 1.96. The van der Waals surface area contributed by atoms with Crippen LogP contribution in [0.25, 0.3) is 0 Å². The van der Waals surface area contributed by atoms with Crippen LogP contribution in [0.4, 0.5) is 0 Å². The molecule has 0 aliphatic rings. The van der Waals surface area contributed by atoms with Gasteiger partial charge in [0, 0.05) is 5.02 Å². The van der Waals surface area contributed by atoms with Crippen molar-refractivity contribution in [1.82, 2.24) is 29.5 Å². The SMILES string of the molecule is OC(Cn1cncn1)(Cn1cncn1)c1cccc(Cl)c1. The van der Waals surface area contributed by atoms with Crippen molar-refractivity contribution in [3.8, 4) is 0 Å². The van der Waals surface area contributed by atoms with Crippen LogP contribution in [0, 0.1) is 0 Å². The van der Waals surface area contributed by atoms with E-state index in [4.69, 9.17) is 11.6 Å². The number of aliphatic hydroxyl groups is 1. The van der Waals surface area contributed by atoms with Gasteiger partial charge in [-0.2, -0.15) is 10.2 Å². The predicted octanol–water partition coefficient (Wildman–Crippen LogP) is 1.11. The van der Waals surface area contributed by atoms with Crippen molar-refractivity contribution in [2.24, 2.45) is 0 Å². The van der Waals surface area contributed by atoms with E-state index in [-0.39, 0.29) is 13.1 Å². The molecular weight excluding hydrogens is 292 g/mol.